The van der Waals surface area contributed by atoms with Gasteiger partial charge in [0.1, 0.15) is 25.0 Å². The van der Waals surface area contributed by atoms with Gasteiger partial charge in [-0.1, -0.05) is 38.5 Å². The summed E-state index contributed by atoms with van der Waals surface area (Å²) in [4.78, 5) is 90.6. The normalized spacial score (nSPS) is 16.5. The third-order valence-electron chi connectivity index (χ3n) is 15.7. The topological polar surface area (TPSA) is 230 Å². The lowest BCUT2D eigenvalue weighted by Gasteiger charge is -2.32. The molecule has 0 bridgehead atoms. The van der Waals surface area contributed by atoms with E-state index in [9.17, 15) is 44.0 Å². The van der Waals surface area contributed by atoms with E-state index in [1.54, 1.807) is 14.0 Å². The number of amides is 2. The first-order chi connectivity index (χ1) is 39.7. The van der Waals surface area contributed by atoms with Crippen LogP contribution in [0.2, 0.25) is 0 Å². The molecule has 1 saturated carbocycles. The van der Waals surface area contributed by atoms with Crippen molar-refractivity contribution in [1.29, 1.82) is 0 Å². The first kappa shape index (κ1) is 66.2. The molecule has 2 aromatic carbocycles. The molecule has 1 aromatic heterocycles. The number of aryl methyl sites for hydroxylation is 2. The number of unbranched alkanes of at least 4 members (excludes halogenated alkanes) is 2. The van der Waals surface area contributed by atoms with Gasteiger partial charge in [0, 0.05) is 72.6 Å². The zero-order chi connectivity index (χ0) is 61.7. The van der Waals surface area contributed by atoms with E-state index in [2.05, 4.69) is 59.8 Å². The number of fused-ring (bicyclic) bond motifs is 2. The summed E-state index contributed by atoms with van der Waals surface area (Å²) in [6.45, 7) is 2.28. The van der Waals surface area contributed by atoms with Crippen LogP contribution in [0.1, 0.15) is 138 Å². The van der Waals surface area contributed by atoms with Gasteiger partial charge in [-0.2, -0.15) is 0 Å². The Labute approximate surface area is 492 Å². The summed E-state index contributed by atoms with van der Waals surface area (Å²) in [5, 5.41) is 28.2. The van der Waals surface area contributed by atoms with Gasteiger partial charge in [0.25, 0.3) is 5.69 Å². The maximum atomic E-state index is 17.6. The lowest BCUT2D eigenvalue weighted by molar-refractivity contribution is -0.881. The molecule has 4 unspecified atom stereocenters. The first-order valence-corrected chi connectivity index (χ1v) is 29.6. The van der Waals surface area contributed by atoms with Crippen LogP contribution in [0.25, 0.3) is 6.08 Å². The number of carbonyl (C=O) groups excluding carboxylic acids is 6. The fraction of sp³-hybridized carbons (Fsp3) is 0.557. The molecule has 84 heavy (non-hydrogen) atoms. The fourth-order valence-electron chi connectivity index (χ4n) is 11.0. The van der Waals surface area contributed by atoms with Crippen molar-refractivity contribution in [2.45, 2.75) is 136 Å². The quantitative estimate of drug-likeness (QED) is 0.00782. The molecule has 1 fully saturated rings. The number of likely N-dealkylation sites (N-methyl/N-ethyl adjacent to an activating group) is 1. The second-order valence-corrected chi connectivity index (χ2v) is 24.6. The number of carbonyl (C=O) groups is 6. The smallest absolute Gasteiger partial charge is 0.487 e. The molecule has 458 valence electrons. The summed E-state index contributed by atoms with van der Waals surface area (Å²) >= 11 is 0. The number of hydrogen-bond donors (Lipinski definition) is 4. The van der Waals surface area contributed by atoms with Crippen LogP contribution >= 0.6 is 0 Å². The number of allylic oxidation sites excluding steroid dienone is 2. The number of ether oxygens (including phenoxy) is 3. The third-order valence-corrected chi connectivity index (χ3v) is 15.7. The lowest BCUT2D eigenvalue weighted by atomic mass is 9.88. The summed E-state index contributed by atoms with van der Waals surface area (Å²) in [7, 11) is 14.4. The van der Waals surface area contributed by atoms with Crippen molar-refractivity contribution in [3.8, 4) is 5.75 Å². The predicted molar refractivity (Wildman–Crippen MR) is 314 cm³/mol. The standard InChI is InChI=1S/C61H85BF2N8O12/c1-11-13-20-43-33-47(68-51(43)37-52-44(24-19-31-72(8,9)10)35-50(69(52)62(68,63)64)42-21-15-14-16-22-42)25-28-58(77)66-49(12-2)56(76)36-45(23-17-18-30-71(5,6)7)60(78)65-40-67(4)29-32-82-57-38-53(70(80)81)48(34-46(57)39-73)41(3)83-61(79)84-59-54(74)26-27-55(59)75/h14-16,21-22,33-35,37-38,41,45,49,59,73H,11-13,17-20,23-32,36,39-40H2,1-10H3/p+3. The van der Waals surface area contributed by atoms with Crippen molar-refractivity contribution >= 4 is 59.8 Å². The lowest BCUT2D eigenvalue weighted by Crippen LogP contribution is -3.11. The minimum Gasteiger partial charge on any atom is -0.487 e. The van der Waals surface area contributed by atoms with Gasteiger partial charge in [0.2, 0.25) is 17.9 Å². The van der Waals surface area contributed by atoms with Gasteiger partial charge in [-0.25, -0.2) is 4.79 Å². The number of rotatable bonds is 33. The second kappa shape index (κ2) is 29.2. The van der Waals surface area contributed by atoms with E-state index in [1.165, 1.54) is 17.5 Å². The molecule has 23 heteroatoms. The van der Waals surface area contributed by atoms with E-state index in [4.69, 9.17) is 14.2 Å². The van der Waals surface area contributed by atoms with Gasteiger partial charge < -0.3 is 61.4 Å². The summed E-state index contributed by atoms with van der Waals surface area (Å²) in [5.41, 5.74) is 3.69. The molecule has 6 rings (SSSR count). The van der Waals surface area contributed by atoms with Crippen molar-refractivity contribution in [3.63, 3.8) is 0 Å². The van der Waals surface area contributed by atoms with Crippen LogP contribution < -0.4 is 20.3 Å². The van der Waals surface area contributed by atoms with Gasteiger partial charge in [-0.3, -0.25) is 34.1 Å². The highest BCUT2D eigenvalue weighted by Gasteiger charge is 2.54. The van der Waals surface area contributed by atoms with Gasteiger partial charge in [-0.05, 0) is 93.8 Å². The molecule has 2 aliphatic heterocycles. The highest BCUT2D eigenvalue weighted by Crippen LogP contribution is 2.41. The number of halogens is 2. The van der Waals surface area contributed by atoms with Crippen molar-refractivity contribution in [1.82, 2.24) is 15.1 Å². The Morgan fingerprint density at radius 2 is 1.60 bits per heavy atom. The summed E-state index contributed by atoms with van der Waals surface area (Å²) in [6, 6.07) is 12.5. The van der Waals surface area contributed by atoms with Crippen molar-refractivity contribution in [3.05, 3.63) is 110 Å². The predicted octanol–water partition coefficient (Wildman–Crippen LogP) is 6.20. The number of Topliss-reactive ketones (excluding diaryl/α,β-unsaturated/α-hetero) is 3. The first-order valence-electron chi connectivity index (χ1n) is 29.6. The third kappa shape index (κ3) is 17.6. The minimum atomic E-state index is -4.41. The highest BCUT2D eigenvalue weighted by atomic mass is 19.2. The van der Waals surface area contributed by atoms with Crippen LogP contribution in [-0.4, -0.2) is 170 Å². The van der Waals surface area contributed by atoms with Crippen molar-refractivity contribution in [2.24, 2.45) is 5.92 Å². The van der Waals surface area contributed by atoms with E-state index in [1.807, 2.05) is 48.6 Å². The Morgan fingerprint density at radius 3 is 2.23 bits per heavy atom. The van der Waals surface area contributed by atoms with Gasteiger partial charge >= 0.3 is 13.1 Å². The van der Waals surface area contributed by atoms with Crippen LogP contribution in [-0.2, 0) is 52.9 Å². The number of ketones is 3. The summed E-state index contributed by atoms with van der Waals surface area (Å²) in [6.07, 6.45) is 5.03. The monoisotopic (exact) mass is 1170 g/mol. The minimum absolute atomic E-state index is 0.00275. The molecule has 20 nitrogen and oxygen atoms in total. The van der Waals surface area contributed by atoms with Crippen LogP contribution in [0.15, 0.2) is 65.9 Å². The number of nitro benzene ring substituents is 1. The Bertz CT molecular complexity index is 2990. The number of aliphatic hydroxyl groups is 1. The summed E-state index contributed by atoms with van der Waals surface area (Å²) < 4.78 is 55.1. The van der Waals surface area contributed by atoms with Gasteiger partial charge in [-0.15, -0.1) is 0 Å². The van der Waals surface area contributed by atoms with E-state index in [-0.39, 0.29) is 86.9 Å². The number of hydrogen-bond acceptors (Lipinski definition) is 12. The van der Waals surface area contributed by atoms with E-state index in [0.29, 0.717) is 54.0 Å². The number of quaternary nitrogens is 3. The SMILES string of the molecule is CCCCc1cc(CCC(=O)NC(CC)C(=O)CC(CCCC[N+](C)(C)C)C(=O)NC[NH+](C)CCOc2cc([N+](=O)[O-])c(C(C)OC(=O)OC3C(=O)CCC3=O)cc2CO)n2c1C=C1C(CCC[N+](C)(C)C)=CC(c3ccccc3)=[N+]1[B-]2(F)F. The molecular formula is C61H88BF2N8O12+3. The van der Waals surface area contributed by atoms with E-state index < -0.39 is 72.0 Å². The Hall–Kier alpha value is -6.95. The van der Waals surface area contributed by atoms with Crippen LogP contribution in [0.5, 0.6) is 5.75 Å². The van der Waals surface area contributed by atoms with Gasteiger partial charge in [0.15, 0.2) is 35.4 Å². The Morgan fingerprint density at radius 1 is 0.917 bits per heavy atom. The summed E-state index contributed by atoms with van der Waals surface area (Å²) in [5.74, 6) is -2.99. The number of aromatic nitrogens is 1. The van der Waals surface area contributed by atoms with Crippen molar-refractivity contribution in [2.75, 3.05) is 82.2 Å². The number of benzene rings is 2. The number of nitro groups is 1. The molecular weight excluding hydrogens is 1090 g/mol. The maximum absolute atomic E-state index is 17.6. The van der Waals surface area contributed by atoms with Crippen LogP contribution in [0.3, 0.4) is 0 Å². The zero-order valence-electron chi connectivity index (χ0n) is 50.7. The maximum Gasteiger partial charge on any atom is 0.737 e. The van der Waals surface area contributed by atoms with Gasteiger partial charge in [0.05, 0.1) is 91.6 Å². The van der Waals surface area contributed by atoms with E-state index in [0.717, 1.165) is 74.3 Å². The highest BCUT2D eigenvalue weighted by molar-refractivity contribution is 6.58. The second-order valence-electron chi connectivity index (χ2n) is 24.6. The van der Waals surface area contributed by atoms with Crippen LogP contribution in [0.4, 0.5) is 19.1 Å². The average Bonchev–Trinajstić information content (AvgIpc) is 1.62. The number of nitrogens with one attached hydrogen (secondary N) is 3. The molecule has 0 saturated heterocycles. The van der Waals surface area contributed by atoms with Crippen molar-refractivity contribution < 1.29 is 80.0 Å². The molecule has 1 aliphatic carbocycles. The van der Waals surface area contributed by atoms with Crippen LogP contribution in [0, 0.1) is 16.0 Å². The zero-order valence-corrected chi connectivity index (χ0v) is 50.7. The largest absolute Gasteiger partial charge is 0.737 e. The molecule has 3 heterocycles. The molecule has 0 radical (unpaired) electrons. The number of nitrogens with zero attached hydrogens (tertiary/aromatic N) is 5. The van der Waals surface area contributed by atoms with E-state index >= 15 is 8.63 Å². The number of aliphatic hydroxyl groups excluding tert-OH is 1. The molecule has 4 atom stereocenters. The Kier molecular flexibility index (Phi) is 23.0. The molecule has 4 N–H and O–H groups in total. The average molecular weight is 1170 g/mol. The fourth-order valence-corrected chi connectivity index (χ4v) is 11.0. The molecule has 2 amide bonds. The molecule has 3 aromatic rings. The Balaban J connectivity index is 1.09. The molecule has 0 spiro atoms. The molecule has 3 aliphatic rings.